The first-order valence-electron chi connectivity index (χ1n) is 7.51. The number of ether oxygens (including phenoxy) is 1. The summed E-state index contributed by atoms with van der Waals surface area (Å²) in [6, 6.07) is 6.85. The SMILES string of the molecule is CCC1OCCC1CNC1CCc2cc(N)ccc21. The summed E-state index contributed by atoms with van der Waals surface area (Å²) >= 11 is 0. The molecule has 0 radical (unpaired) electrons. The number of aryl methyl sites for hydroxylation is 1. The highest BCUT2D eigenvalue weighted by atomic mass is 16.5. The Morgan fingerprint density at radius 2 is 2.26 bits per heavy atom. The van der Waals surface area contributed by atoms with E-state index in [0.717, 1.165) is 31.7 Å². The lowest BCUT2D eigenvalue weighted by molar-refractivity contribution is 0.0866. The maximum absolute atomic E-state index is 5.85. The Bertz CT molecular complexity index is 446. The highest BCUT2D eigenvalue weighted by molar-refractivity contribution is 5.47. The molecule has 0 aromatic heterocycles. The molecule has 1 aliphatic heterocycles. The topological polar surface area (TPSA) is 47.3 Å². The van der Waals surface area contributed by atoms with Crippen molar-refractivity contribution >= 4 is 5.69 Å². The van der Waals surface area contributed by atoms with Gasteiger partial charge >= 0.3 is 0 Å². The van der Waals surface area contributed by atoms with Gasteiger partial charge in [0.25, 0.3) is 0 Å². The number of anilines is 1. The number of nitrogens with two attached hydrogens (primary N) is 1. The molecular formula is C16H24N2O. The van der Waals surface area contributed by atoms with Crippen molar-refractivity contribution in [2.45, 2.75) is 44.8 Å². The van der Waals surface area contributed by atoms with Crippen LogP contribution < -0.4 is 11.1 Å². The van der Waals surface area contributed by atoms with Gasteiger partial charge in [-0.25, -0.2) is 0 Å². The number of nitrogens with one attached hydrogen (secondary N) is 1. The van der Waals surface area contributed by atoms with Crippen LogP contribution in [0.3, 0.4) is 0 Å². The lowest BCUT2D eigenvalue weighted by atomic mass is 9.98. The van der Waals surface area contributed by atoms with Gasteiger partial charge in [-0.15, -0.1) is 0 Å². The van der Waals surface area contributed by atoms with Gasteiger partial charge in [0.1, 0.15) is 0 Å². The van der Waals surface area contributed by atoms with Crippen molar-refractivity contribution in [1.29, 1.82) is 0 Å². The quantitative estimate of drug-likeness (QED) is 0.818. The molecule has 1 aliphatic carbocycles. The van der Waals surface area contributed by atoms with Gasteiger partial charge in [0, 0.05) is 24.9 Å². The summed E-state index contributed by atoms with van der Waals surface area (Å²) in [6.45, 7) is 4.23. The summed E-state index contributed by atoms with van der Waals surface area (Å²) in [6.07, 6.45) is 5.14. The minimum Gasteiger partial charge on any atom is -0.399 e. The largest absolute Gasteiger partial charge is 0.399 e. The molecule has 0 bridgehead atoms. The summed E-state index contributed by atoms with van der Waals surface area (Å²) in [5, 5.41) is 3.74. The van der Waals surface area contributed by atoms with E-state index in [0.29, 0.717) is 18.1 Å². The van der Waals surface area contributed by atoms with Crippen LogP contribution >= 0.6 is 0 Å². The minimum absolute atomic E-state index is 0.458. The molecular weight excluding hydrogens is 236 g/mol. The number of nitrogen functional groups attached to an aromatic ring is 1. The second-order valence-electron chi connectivity index (χ2n) is 5.82. The molecule has 3 nitrogen and oxygen atoms in total. The predicted molar refractivity (Wildman–Crippen MR) is 78.1 cm³/mol. The van der Waals surface area contributed by atoms with Crippen LogP contribution in [0.5, 0.6) is 0 Å². The van der Waals surface area contributed by atoms with Crippen molar-refractivity contribution in [3.05, 3.63) is 29.3 Å². The van der Waals surface area contributed by atoms with Crippen molar-refractivity contribution in [3.8, 4) is 0 Å². The number of hydrogen-bond acceptors (Lipinski definition) is 3. The highest BCUT2D eigenvalue weighted by Gasteiger charge is 2.28. The van der Waals surface area contributed by atoms with Crippen LogP contribution in [0.4, 0.5) is 5.69 Å². The van der Waals surface area contributed by atoms with E-state index in [1.807, 2.05) is 6.07 Å². The monoisotopic (exact) mass is 260 g/mol. The van der Waals surface area contributed by atoms with Crippen molar-refractivity contribution in [1.82, 2.24) is 5.32 Å². The van der Waals surface area contributed by atoms with Crippen molar-refractivity contribution in [2.75, 3.05) is 18.9 Å². The fourth-order valence-electron chi connectivity index (χ4n) is 3.52. The third-order valence-electron chi connectivity index (χ3n) is 4.62. The van der Waals surface area contributed by atoms with Gasteiger partial charge in [0.15, 0.2) is 0 Å². The predicted octanol–water partition coefficient (Wildman–Crippen LogP) is 2.66. The Balaban J connectivity index is 1.61. The molecule has 19 heavy (non-hydrogen) atoms. The normalized spacial score (nSPS) is 29.6. The Morgan fingerprint density at radius 3 is 3.11 bits per heavy atom. The van der Waals surface area contributed by atoms with E-state index in [2.05, 4.69) is 24.4 Å². The van der Waals surface area contributed by atoms with Gasteiger partial charge in [-0.2, -0.15) is 0 Å². The average Bonchev–Trinajstić information content (AvgIpc) is 3.01. The first kappa shape index (κ1) is 12.9. The van der Waals surface area contributed by atoms with Crippen LogP contribution in [-0.4, -0.2) is 19.3 Å². The zero-order chi connectivity index (χ0) is 13.2. The molecule has 1 aromatic rings. The van der Waals surface area contributed by atoms with Crippen LogP contribution in [-0.2, 0) is 11.2 Å². The van der Waals surface area contributed by atoms with Crippen molar-refractivity contribution in [2.24, 2.45) is 5.92 Å². The molecule has 0 saturated carbocycles. The molecule has 1 fully saturated rings. The number of rotatable bonds is 4. The standard InChI is InChI=1S/C16H24N2O/c1-2-16-12(7-8-19-16)10-18-15-6-3-11-9-13(17)4-5-14(11)15/h4-5,9,12,15-16,18H,2-3,6-8,10,17H2,1H3. The van der Waals surface area contributed by atoms with Gasteiger partial charge < -0.3 is 15.8 Å². The van der Waals surface area contributed by atoms with E-state index in [1.54, 1.807) is 0 Å². The van der Waals surface area contributed by atoms with Crippen LogP contribution in [0, 0.1) is 5.92 Å². The van der Waals surface area contributed by atoms with E-state index < -0.39 is 0 Å². The van der Waals surface area contributed by atoms with E-state index in [1.165, 1.54) is 24.0 Å². The third kappa shape index (κ3) is 2.63. The molecule has 1 heterocycles. The molecule has 1 saturated heterocycles. The zero-order valence-corrected chi connectivity index (χ0v) is 11.7. The summed E-state index contributed by atoms with van der Waals surface area (Å²) in [7, 11) is 0. The number of fused-ring (bicyclic) bond motifs is 1. The maximum atomic E-state index is 5.85. The molecule has 0 spiro atoms. The van der Waals surface area contributed by atoms with Gasteiger partial charge in [0.2, 0.25) is 0 Å². The van der Waals surface area contributed by atoms with Gasteiger partial charge in [-0.3, -0.25) is 0 Å². The fourth-order valence-corrected chi connectivity index (χ4v) is 3.52. The second-order valence-corrected chi connectivity index (χ2v) is 5.82. The van der Waals surface area contributed by atoms with Crippen molar-refractivity contribution < 1.29 is 4.74 Å². The Morgan fingerprint density at radius 1 is 1.37 bits per heavy atom. The second kappa shape index (κ2) is 5.51. The molecule has 3 heteroatoms. The molecule has 3 rings (SSSR count). The van der Waals surface area contributed by atoms with Crippen molar-refractivity contribution in [3.63, 3.8) is 0 Å². The Kier molecular flexibility index (Phi) is 3.76. The average molecular weight is 260 g/mol. The van der Waals surface area contributed by atoms with Crippen LogP contribution in [0.15, 0.2) is 18.2 Å². The van der Waals surface area contributed by atoms with E-state index in [4.69, 9.17) is 10.5 Å². The highest BCUT2D eigenvalue weighted by Crippen LogP contribution is 2.33. The van der Waals surface area contributed by atoms with Crippen LogP contribution in [0.25, 0.3) is 0 Å². The molecule has 3 unspecified atom stereocenters. The smallest absolute Gasteiger partial charge is 0.0613 e. The number of benzene rings is 1. The van der Waals surface area contributed by atoms with Gasteiger partial charge in [-0.1, -0.05) is 13.0 Å². The lowest BCUT2D eigenvalue weighted by Crippen LogP contribution is -2.30. The lowest BCUT2D eigenvalue weighted by Gasteiger charge is -2.21. The number of hydrogen-bond donors (Lipinski definition) is 2. The first-order chi connectivity index (χ1) is 9.28. The molecule has 0 amide bonds. The van der Waals surface area contributed by atoms with Crippen LogP contribution in [0.1, 0.15) is 43.4 Å². The van der Waals surface area contributed by atoms with Gasteiger partial charge in [-0.05, 0) is 54.9 Å². The van der Waals surface area contributed by atoms with E-state index in [9.17, 15) is 0 Å². The minimum atomic E-state index is 0.458. The fraction of sp³-hybridized carbons (Fsp3) is 0.625. The summed E-state index contributed by atoms with van der Waals surface area (Å²) in [5.74, 6) is 0.683. The van der Waals surface area contributed by atoms with Crippen LogP contribution in [0.2, 0.25) is 0 Å². The maximum Gasteiger partial charge on any atom is 0.0613 e. The summed E-state index contributed by atoms with van der Waals surface area (Å²) in [5.41, 5.74) is 9.60. The zero-order valence-electron chi connectivity index (χ0n) is 11.7. The van der Waals surface area contributed by atoms with E-state index >= 15 is 0 Å². The summed E-state index contributed by atoms with van der Waals surface area (Å²) in [4.78, 5) is 0. The Hall–Kier alpha value is -1.06. The molecule has 3 N–H and O–H groups in total. The summed E-state index contributed by atoms with van der Waals surface area (Å²) < 4.78 is 5.76. The third-order valence-corrected chi connectivity index (χ3v) is 4.62. The first-order valence-corrected chi connectivity index (χ1v) is 7.51. The molecule has 1 aromatic carbocycles. The molecule has 2 aliphatic rings. The van der Waals surface area contributed by atoms with E-state index in [-0.39, 0.29) is 0 Å². The molecule has 104 valence electrons. The Labute approximate surface area is 115 Å². The van der Waals surface area contributed by atoms with Gasteiger partial charge in [0.05, 0.1) is 6.10 Å². The molecule has 3 atom stereocenters.